The van der Waals surface area contributed by atoms with E-state index < -0.39 is 5.60 Å². The molecular formula is C16H24N2O3. The third-order valence-corrected chi connectivity index (χ3v) is 3.68. The smallest absolute Gasteiger partial charge is 0.407 e. The highest BCUT2D eigenvalue weighted by molar-refractivity contribution is 5.96. The highest BCUT2D eigenvalue weighted by Crippen LogP contribution is 2.27. The van der Waals surface area contributed by atoms with Gasteiger partial charge in [-0.3, -0.25) is 4.79 Å². The number of aromatic amines is 1. The van der Waals surface area contributed by atoms with Crippen molar-refractivity contribution in [3.05, 3.63) is 24.0 Å². The molecule has 1 amide bonds. The number of amides is 1. The Balaban J connectivity index is 1.78. The zero-order chi connectivity index (χ0) is 15.5. The van der Waals surface area contributed by atoms with E-state index in [0.717, 1.165) is 25.7 Å². The van der Waals surface area contributed by atoms with Crippen molar-refractivity contribution in [1.82, 2.24) is 10.3 Å². The molecule has 1 aliphatic carbocycles. The fraction of sp³-hybridized carbons (Fsp3) is 0.625. The predicted octanol–water partition coefficient (Wildman–Crippen LogP) is 3.28. The predicted molar refractivity (Wildman–Crippen MR) is 80.2 cm³/mol. The fourth-order valence-corrected chi connectivity index (χ4v) is 2.68. The first-order valence-electron chi connectivity index (χ1n) is 7.52. The number of rotatable bonds is 3. The van der Waals surface area contributed by atoms with E-state index in [4.69, 9.17) is 4.74 Å². The van der Waals surface area contributed by atoms with Gasteiger partial charge in [0.05, 0.1) is 5.69 Å². The Morgan fingerprint density at radius 1 is 1.24 bits per heavy atom. The maximum absolute atomic E-state index is 12.2. The molecule has 1 aliphatic rings. The second kappa shape index (κ2) is 6.33. The molecule has 0 aromatic carbocycles. The Morgan fingerprint density at radius 2 is 1.90 bits per heavy atom. The summed E-state index contributed by atoms with van der Waals surface area (Å²) in [5.41, 5.74) is 0.198. The molecule has 5 nitrogen and oxygen atoms in total. The van der Waals surface area contributed by atoms with Gasteiger partial charge in [0.25, 0.3) is 0 Å². The van der Waals surface area contributed by atoms with Crippen LogP contribution < -0.4 is 5.32 Å². The van der Waals surface area contributed by atoms with Crippen molar-refractivity contribution in [3.63, 3.8) is 0 Å². The van der Waals surface area contributed by atoms with E-state index in [1.165, 1.54) is 0 Å². The lowest BCUT2D eigenvalue weighted by Gasteiger charge is -2.29. The number of H-pyrrole nitrogens is 1. The van der Waals surface area contributed by atoms with E-state index in [0.29, 0.717) is 5.69 Å². The van der Waals surface area contributed by atoms with E-state index in [9.17, 15) is 9.59 Å². The minimum atomic E-state index is -0.481. The second-order valence-corrected chi connectivity index (χ2v) is 6.64. The van der Waals surface area contributed by atoms with Gasteiger partial charge in [0, 0.05) is 18.2 Å². The summed E-state index contributed by atoms with van der Waals surface area (Å²) in [6.07, 6.45) is 4.63. The number of alkyl carbamates (subject to hydrolysis) is 1. The van der Waals surface area contributed by atoms with E-state index in [1.54, 1.807) is 6.20 Å². The van der Waals surface area contributed by atoms with Crippen molar-refractivity contribution in [3.8, 4) is 0 Å². The summed E-state index contributed by atoms with van der Waals surface area (Å²) in [5.74, 6) is 0.232. The molecule has 21 heavy (non-hydrogen) atoms. The van der Waals surface area contributed by atoms with Crippen LogP contribution in [0, 0.1) is 5.92 Å². The van der Waals surface area contributed by atoms with Crippen LogP contribution in [0.3, 0.4) is 0 Å². The Bertz CT molecular complexity index is 480. The number of carbonyl (C=O) groups is 2. The van der Waals surface area contributed by atoms with Crippen LogP contribution in [0.2, 0.25) is 0 Å². The first-order chi connectivity index (χ1) is 9.85. The Kier molecular flexibility index (Phi) is 4.70. The molecule has 0 radical (unpaired) electrons. The van der Waals surface area contributed by atoms with E-state index in [1.807, 2.05) is 32.9 Å². The number of Topliss-reactive ketones (excluding diaryl/α,β-unsaturated/α-hetero) is 1. The van der Waals surface area contributed by atoms with Gasteiger partial charge in [0.15, 0.2) is 5.78 Å². The first-order valence-corrected chi connectivity index (χ1v) is 7.52. The van der Waals surface area contributed by atoms with Gasteiger partial charge < -0.3 is 15.0 Å². The highest BCUT2D eigenvalue weighted by atomic mass is 16.6. The molecular weight excluding hydrogens is 268 g/mol. The van der Waals surface area contributed by atoms with Crippen LogP contribution in [0.4, 0.5) is 4.79 Å². The van der Waals surface area contributed by atoms with Gasteiger partial charge in [-0.15, -0.1) is 0 Å². The van der Waals surface area contributed by atoms with Gasteiger partial charge >= 0.3 is 6.09 Å². The second-order valence-electron chi connectivity index (χ2n) is 6.64. The zero-order valence-corrected chi connectivity index (χ0v) is 12.9. The van der Waals surface area contributed by atoms with Crippen LogP contribution >= 0.6 is 0 Å². The molecule has 0 aliphatic heterocycles. The van der Waals surface area contributed by atoms with Crippen molar-refractivity contribution in [2.24, 2.45) is 5.92 Å². The summed E-state index contributed by atoms with van der Waals surface area (Å²) in [6.45, 7) is 5.54. The molecule has 1 aromatic rings. The molecule has 0 saturated heterocycles. The minimum absolute atomic E-state index is 0.0559. The van der Waals surface area contributed by atoms with E-state index in [2.05, 4.69) is 10.3 Å². The molecule has 2 N–H and O–H groups in total. The summed E-state index contributed by atoms with van der Waals surface area (Å²) in [6, 6.07) is 3.75. The molecule has 1 fully saturated rings. The van der Waals surface area contributed by atoms with Crippen molar-refractivity contribution in [2.75, 3.05) is 0 Å². The number of aromatic nitrogens is 1. The number of hydrogen-bond acceptors (Lipinski definition) is 3. The number of nitrogens with one attached hydrogen (secondary N) is 2. The monoisotopic (exact) mass is 292 g/mol. The van der Waals surface area contributed by atoms with Crippen LogP contribution in [-0.2, 0) is 4.74 Å². The van der Waals surface area contributed by atoms with Gasteiger partial charge in [-0.25, -0.2) is 4.79 Å². The average molecular weight is 292 g/mol. The standard InChI is InChI=1S/C16H24N2O3/c1-16(2,3)21-15(20)18-12-8-6-11(7-9-12)14(19)13-5-4-10-17-13/h4-5,10-12,17H,6-9H2,1-3H3,(H,18,20). The Labute approximate surface area is 125 Å². The van der Waals surface area contributed by atoms with E-state index >= 15 is 0 Å². The van der Waals surface area contributed by atoms with Gasteiger partial charge in [0.2, 0.25) is 0 Å². The summed E-state index contributed by atoms with van der Waals surface area (Å²) >= 11 is 0. The molecule has 1 saturated carbocycles. The van der Waals surface area contributed by atoms with Gasteiger partial charge in [-0.05, 0) is 58.6 Å². The van der Waals surface area contributed by atoms with Crippen molar-refractivity contribution in [1.29, 1.82) is 0 Å². The summed E-state index contributed by atoms with van der Waals surface area (Å²) in [4.78, 5) is 26.9. The lowest BCUT2D eigenvalue weighted by Crippen LogP contribution is -2.41. The summed E-state index contributed by atoms with van der Waals surface area (Å²) in [5, 5.41) is 2.89. The maximum atomic E-state index is 12.2. The van der Waals surface area contributed by atoms with Crippen LogP contribution in [0.1, 0.15) is 56.9 Å². The topological polar surface area (TPSA) is 71.2 Å². The maximum Gasteiger partial charge on any atom is 0.407 e. The Hall–Kier alpha value is -1.78. The SMILES string of the molecule is CC(C)(C)OC(=O)NC1CCC(C(=O)c2ccc[nH]2)CC1. The largest absolute Gasteiger partial charge is 0.444 e. The molecule has 1 aromatic heterocycles. The third kappa shape index (κ3) is 4.62. The first kappa shape index (κ1) is 15.6. The zero-order valence-electron chi connectivity index (χ0n) is 12.9. The molecule has 116 valence electrons. The molecule has 0 atom stereocenters. The quantitative estimate of drug-likeness (QED) is 0.840. The minimum Gasteiger partial charge on any atom is -0.444 e. The molecule has 0 unspecified atom stereocenters. The number of ketones is 1. The number of carbonyl (C=O) groups excluding carboxylic acids is 2. The van der Waals surface area contributed by atoms with Gasteiger partial charge in [-0.2, -0.15) is 0 Å². The van der Waals surface area contributed by atoms with Crippen molar-refractivity contribution in [2.45, 2.75) is 58.1 Å². The number of hydrogen-bond donors (Lipinski definition) is 2. The van der Waals surface area contributed by atoms with Crippen LogP contribution in [0.15, 0.2) is 18.3 Å². The van der Waals surface area contributed by atoms with Gasteiger partial charge in [-0.1, -0.05) is 0 Å². The van der Waals surface area contributed by atoms with Crippen LogP contribution in [0.5, 0.6) is 0 Å². The summed E-state index contributed by atoms with van der Waals surface area (Å²) < 4.78 is 5.25. The third-order valence-electron chi connectivity index (χ3n) is 3.68. The normalized spacial score (nSPS) is 22.6. The lowest BCUT2D eigenvalue weighted by molar-refractivity contribution is 0.0487. The molecule has 5 heteroatoms. The highest BCUT2D eigenvalue weighted by Gasteiger charge is 2.29. The van der Waals surface area contributed by atoms with Crippen molar-refractivity contribution < 1.29 is 14.3 Å². The van der Waals surface area contributed by atoms with Gasteiger partial charge in [0.1, 0.15) is 5.60 Å². The van der Waals surface area contributed by atoms with Crippen molar-refractivity contribution >= 4 is 11.9 Å². The summed E-state index contributed by atoms with van der Waals surface area (Å²) in [7, 11) is 0. The molecule has 1 heterocycles. The van der Waals surface area contributed by atoms with Crippen LogP contribution in [-0.4, -0.2) is 28.5 Å². The molecule has 0 spiro atoms. The number of ether oxygens (including phenoxy) is 1. The molecule has 2 rings (SSSR count). The van der Waals surface area contributed by atoms with E-state index in [-0.39, 0.29) is 23.8 Å². The van der Waals surface area contributed by atoms with Crippen LogP contribution in [0.25, 0.3) is 0 Å². The molecule has 0 bridgehead atoms. The lowest BCUT2D eigenvalue weighted by atomic mass is 9.82. The Morgan fingerprint density at radius 3 is 2.43 bits per heavy atom. The average Bonchev–Trinajstić information content (AvgIpc) is 2.90. The fourth-order valence-electron chi connectivity index (χ4n) is 2.68.